The van der Waals surface area contributed by atoms with Crippen molar-refractivity contribution in [1.82, 2.24) is 9.97 Å². The van der Waals surface area contributed by atoms with Crippen LogP contribution in [0.15, 0.2) is 0 Å². The molecule has 12 heavy (non-hydrogen) atoms. The average molecular weight is 184 g/mol. The van der Waals surface area contributed by atoms with E-state index in [0.717, 1.165) is 17.0 Å². The van der Waals surface area contributed by atoms with E-state index < -0.39 is 0 Å². The Balaban J connectivity index is 3.04. The maximum Gasteiger partial charge on any atom is 0.217 e. The Labute approximate surface area is 76.2 Å². The second kappa shape index (κ2) is 3.76. The first kappa shape index (κ1) is 9.32. The SMILES string of the molecule is CSCc1nc(C)c(C)c(O)n1. The van der Waals surface area contributed by atoms with Gasteiger partial charge in [-0.1, -0.05) is 0 Å². The van der Waals surface area contributed by atoms with Crippen LogP contribution in [0.1, 0.15) is 17.1 Å². The minimum atomic E-state index is 0.103. The van der Waals surface area contributed by atoms with Crippen molar-refractivity contribution in [2.75, 3.05) is 6.26 Å². The van der Waals surface area contributed by atoms with E-state index in [0.29, 0.717) is 5.82 Å². The Morgan fingerprint density at radius 2 is 2.00 bits per heavy atom. The summed E-state index contributed by atoms with van der Waals surface area (Å²) in [5.41, 5.74) is 1.62. The van der Waals surface area contributed by atoms with Crippen LogP contribution in [0, 0.1) is 13.8 Å². The summed E-state index contributed by atoms with van der Waals surface area (Å²) in [6, 6.07) is 0. The molecule has 0 spiro atoms. The predicted molar refractivity (Wildman–Crippen MR) is 50.4 cm³/mol. The standard InChI is InChI=1S/C8H12N2OS/c1-5-6(2)9-7(4-12-3)10-8(5)11/h4H2,1-3H3,(H,9,10,11). The maximum absolute atomic E-state index is 9.35. The maximum atomic E-state index is 9.35. The summed E-state index contributed by atoms with van der Waals surface area (Å²) in [7, 11) is 0. The molecule has 1 N–H and O–H groups in total. The smallest absolute Gasteiger partial charge is 0.217 e. The van der Waals surface area contributed by atoms with Crippen molar-refractivity contribution in [3.8, 4) is 5.88 Å². The van der Waals surface area contributed by atoms with Gasteiger partial charge < -0.3 is 5.11 Å². The van der Waals surface area contributed by atoms with Gasteiger partial charge in [0.25, 0.3) is 0 Å². The van der Waals surface area contributed by atoms with E-state index in [1.165, 1.54) is 0 Å². The molecule has 66 valence electrons. The van der Waals surface area contributed by atoms with Gasteiger partial charge in [-0.05, 0) is 20.1 Å². The number of aryl methyl sites for hydroxylation is 1. The fourth-order valence-corrected chi connectivity index (χ4v) is 1.25. The molecule has 1 rings (SSSR count). The highest BCUT2D eigenvalue weighted by Crippen LogP contribution is 2.16. The highest BCUT2D eigenvalue weighted by atomic mass is 32.2. The second-order valence-corrected chi connectivity index (χ2v) is 3.47. The Morgan fingerprint density at radius 3 is 2.50 bits per heavy atom. The lowest BCUT2D eigenvalue weighted by Gasteiger charge is -2.03. The average Bonchev–Trinajstić information content (AvgIpc) is 2.01. The van der Waals surface area contributed by atoms with Crippen LogP contribution < -0.4 is 0 Å². The van der Waals surface area contributed by atoms with E-state index in [9.17, 15) is 5.11 Å². The number of hydrogen-bond acceptors (Lipinski definition) is 4. The van der Waals surface area contributed by atoms with Crippen molar-refractivity contribution in [1.29, 1.82) is 0 Å². The molecule has 0 unspecified atom stereocenters. The van der Waals surface area contributed by atoms with Gasteiger partial charge in [-0.15, -0.1) is 0 Å². The third kappa shape index (κ3) is 1.88. The Hall–Kier alpha value is -0.770. The Kier molecular flexibility index (Phi) is 2.92. The van der Waals surface area contributed by atoms with Crippen LogP contribution >= 0.6 is 11.8 Å². The van der Waals surface area contributed by atoms with Crippen LogP contribution in [0.5, 0.6) is 5.88 Å². The lowest BCUT2D eigenvalue weighted by Crippen LogP contribution is -1.97. The first-order valence-corrected chi connectivity index (χ1v) is 5.06. The lowest BCUT2D eigenvalue weighted by atomic mass is 10.2. The van der Waals surface area contributed by atoms with Gasteiger partial charge in [-0.25, -0.2) is 4.98 Å². The first-order chi connectivity index (χ1) is 5.65. The highest BCUT2D eigenvalue weighted by molar-refractivity contribution is 7.97. The van der Waals surface area contributed by atoms with Crippen LogP contribution in [0.2, 0.25) is 0 Å². The van der Waals surface area contributed by atoms with Gasteiger partial charge in [0, 0.05) is 11.3 Å². The molecule has 0 aromatic carbocycles. The number of hydrogen-bond donors (Lipinski definition) is 1. The molecule has 0 amide bonds. The summed E-state index contributed by atoms with van der Waals surface area (Å²) in [5, 5.41) is 9.35. The zero-order valence-electron chi connectivity index (χ0n) is 7.46. The van der Waals surface area contributed by atoms with Crippen molar-refractivity contribution >= 4 is 11.8 Å². The largest absolute Gasteiger partial charge is 0.493 e. The monoisotopic (exact) mass is 184 g/mol. The van der Waals surface area contributed by atoms with Crippen LogP contribution in [0.25, 0.3) is 0 Å². The molecule has 1 aromatic heterocycles. The van der Waals surface area contributed by atoms with Gasteiger partial charge in [0.05, 0.1) is 5.75 Å². The van der Waals surface area contributed by atoms with E-state index in [1.54, 1.807) is 11.8 Å². The lowest BCUT2D eigenvalue weighted by molar-refractivity contribution is 0.444. The van der Waals surface area contributed by atoms with E-state index >= 15 is 0 Å². The van der Waals surface area contributed by atoms with Gasteiger partial charge >= 0.3 is 0 Å². The molecule has 0 radical (unpaired) electrons. The van der Waals surface area contributed by atoms with Gasteiger partial charge in [0.2, 0.25) is 5.88 Å². The minimum Gasteiger partial charge on any atom is -0.493 e. The molecule has 0 bridgehead atoms. The van der Waals surface area contributed by atoms with Gasteiger partial charge in [-0.2, -0.15) is 16.7 Å². The quantitative estimate of drug-likeness (QED) is 0.759. The van der Waals surface area contributed by atoms with Crippen LogP contribution in [0.4, 0.5) is 0 Å². The van der Waals surface area contributed by atoms with E-state index in [4.69, 9.17) is 0 Å². The van der Waals surface area contributed by atoms with E-state index in [1.807, 2.05) is 20.1 Å². The minimum absolute atomic E-state index is 0.103. The second-order valence-electron chi connectivity index (χ2n) is 2.61. The Morgan fingerprint density at radius 1 is 1.33 bits per heavy atom. The van der Waals surface area contributed by atoms with Crippen LogP contribution in [0.3, 0.4) is 0 Å². The van der Waals surface area contributed by atoms with Crippen molar-refractivity contribution in [2.24, 2.45) is 0 Å². The predicted octanol–water partition coefficient (Wildman–Crippen LogP) is 1.66. The molecule has 3 nitrogen and oxygen atoms in total. The molecule has 0 saturated carbocycles. The molecule has 0 aliphatic rings. The Bertz CT molecular complexity index is 265. The number of aromatic nitrogens is 2. The highest BCUT2D eigenvalue weighted by Gasteiger charge is 2.05. The third-order valence-electron chi connectivity index (χ3n) is 1.68. The van der Waals surface area contributed by atoms with Crippen LogP contribution in [-0.4, -0.2) is 21.3 Å². The summed E-state index contributed by atoms with van der Waals surface area (Å²) < 4.78 is 0. The molecule has 0 aliphatic carbocycles. The molecular weight excluding hydrogens is 172 g/mol. The number of aromatic hydroxyl groups is 1. The fourth-order valence-electron chi connectivity index (χ4n) is 0.864. The zero-order chi connectivity index (χ0) is 9.14. The van der Waals surface area contributed by atoms with Gasteiger partial charge in [0.15, 0.2) is 0 Å². The summed E-state index contributed by atoms with van der Waals surface area (Å²) in [4.78, 5) is 8.18. The number of rotatable bonds is 2. The van der Waals surface area contributed by atoms with E-state index in [-0.39, 0.29) is 5.88 Å². The molecule has 4 heteroatoms. The molecular formula is C8H12N2OS. The number of nitrogens with zero attached hydrogens (tertiary/aromatic N) is 2. The molecule has 1 aromatic rings. The van der Waals surface area contributed by atoms with Crippen molar-refractivity contribution in [3.05, 3.63) is 17.1 Å². The number of thioether (sulfide) groups is 1. The van der Waals surface area contributed by atoms with Crippen molar-refractivity contribution in [3.63, 3.8) is 0 Å². The normalized spacial score (nSPS) is 10.2. The molecule has 0 saturated heterocycles. The molecule has 0 atom stereocenters. The van der Waals surface area contributed by atoms with Gasteiger partial charge in [0.1, 0.15) is 5.82 Å². The molecule has 0 aliphatic heterocycles. The topological polar surface area (TPSA) is 46.0 Å². The van der Waals surface area contributed by atoms with Crippen molar-refractivity contribution in [2.45, 2.75) is 19.6 Å². The summed E-state index contributed by atoms with van der Waals surface area (Å²) in [6.07, 6.45) is 1.98. The first-order valence-electron chi connectivity index (χ1n) is 3.67. The molecule has 0 fully saturated rings. The van der Waals surface area contributed by atoms with Gasteiger partial charge in [-0.3, -0.25) is 0 Å². The zero-order valence-corrected chi connectivity index (χ0v) is 8.27. The van der Waals surface area contributed by atoms with Crippen LogP contribution in [-0.2, 0) is 5.75 Å². The van der Waals surface area contributed by atoms with Crippen molar-refractivity contribution < 1.29 is 5.11 Å². The van der Waals surface area contributed by atoms with E-state index in [2.05, 4.69) is 9.97 Å². The summed E-state index contributed by atoms with van der Waals surface area (Å²) in [5.74, 6) is 1.55. The fraction of sp³-hybridized carbons (Fsp3) is 0.500. The summed E-state index contributed by atoms with van der Waals surface area (Å²) in [6.45, 7) is 3.69. The summed E-state index contributed by atoms with van der Waals surface area (Å²) >= 11 is 1.64. The molecule has 1 heterocycles. The third-order valence-corrected chi connectivity index (χ3v) is 2.23.